The standard InChI is InChI=1S/C27H25N3O3/c1-16-8-9-19-21(14-16)33-22-15-20(28-10-13-30-11-4-5-12-30)23-24(25(22)29-19)27(32)18-7-3-2-6-17(18)26(23)31/h2-3,6-9,14-15,24,28H,4-5,10-13H2,1H3. The molecule has 1 unspecified atom stereocenters. The van der Waals surface area contributed by atoms with Crippen LogP contribution in [0, 0.1) is 12.8 Å². The summed E-state index contributed by atoms with van der Waals surface area (Å²) in [5, 5.41) is 3.45. The predicted octanol–water partition coefficient (Wildman–Crippen LogP) is 3.99. The third kappa shape index (κ3) is 3.33. The van der Waals surface area contributed by atoms with Gasteiger partial charge in [-0.25, -0.2) is 4.99 Å². The van der Waals surface area contributed by atoms with Crippen molar-refractivity contribution in [2.45, 2.75) is 19.8 Å². The highest BCUT2D eigenvalue weighted by Crippen LogP contribution is 2.43. The molecule has 2 aliphatic carbocycles. The molecule has 0 radical (unpaired) electrons. The number of rotatable bonds is 4. The summed E-state index contributed by atoms with van der Waals surface area (Å²) in [5.74, 6) is 0.205. The second-order valence-corrected chi connectivity index (χ2v) is 9.05. The van der Waals surface area contributed by atoms with Crippen molar-refractivity contribution in [3.05, 3.63) is 82.3 Å². The van der Waals surface area contributed by atoms with Crippen LogP contribution in [0.2, 0.25) is 0 Å². The Balaban J connectivity index is 1.44. The summed E-state index contributed by atoms with van der Waals surface area (Å²) in [6, 6.07) is 12.9. The van der Waals surface area contributed by atoms with Gasteiger partial charge in [-0.2, -0.15) is 0 Å². The Kier molecular flexibility index (Phi) is 4.76. The Morgan fingerprint density at radius 3 is 2.70 bits per heavy atom. The van der Waals surface area contributed by atoms with Crippen LogP contribution in [-0.2, 0) is 0 Å². The maximum Gasteiger partial charge on any atom is 0.192 e. The quantitative estimate of drug-likeness (QED) is 0.780. The molecule has 0 aromatic heterocycles. The lowest BCUT2D eigenvalue weighted by Crippen LogP contribution is -2.42. The van der Waals surface area contributed by atoms with Crippen LogP contribution in [0.1, 0.15) is 39.1 Å². The number of fused-ring (bicyclic) bond motifs is 5. The summed E-state index contributed by atoms with van der Waals surface area (Å²) in [6.07, 6.45) is 4.31. The highest BCUT2D eigenvalue weighted by atomic mass is 16.5. The van der Waals surface area contributed by atoms with E-state index in [4.69, 9.17) is 9.73 Å². The topological polar surface area (TPSA) is 71.0 Å². The van der Waals surface area contributed by atoms with Gasteiger partial charge in [-0.05, 0) is 50.6 Å². The molecule has 1 saturated heterocycles. The molecule has 0 bridgehead atoms. The van der Waals surface area contributed by atoms with E-state index in [1.54, 1.807) is 24.3 Å². The molecule has 0 spiro atoms. The maximum atomic E-state index is 13.7. The Bertz CT molecular complexity index is 1280. The van der Waals surface area contributed by atoms with Crippen LogP contribution in [0.3, 0.4) is 0 Å². The van der Waals surface area contributed by atoms with Gasteiger partial charge < -0.3 is 15.0 Å². The third-order valence-electron chi connectivity index (χ3n) is 6.84. The van der Waals surface area contributed by atoms with E-state index in [9.17, 15) is 9.59 Å². The first-order valence-corrected chi connectivity index (χ1v) is 11.6. The van der Waals surface area contributed by atoms with Crippen LogP contribution in [-0.4, -0.2) is 48.4 Å². The van der Waals surface area contributed by atoms with Crippen molar-refractivity contribution in [2.24, 2.45) is 10.9 Å². The second kappa shape index (κ2) is 7.81. The number of likely N-dealkylation sites (tertiary alicyclic amines) is 1. The van der Waals surface area contributed by atoms with E-state index in [2.05, 4.69) is 10.2 Å². The monoisotopic (exact) mass is 439 g/mol. The number of nitrogens with one attached hydrogen (secondary N) is 1. The van der Waals surface area contributed by atoms with Gasteiger partial charge in [-0.1, -0.05) is 30.3 Å². The van der Waals surface area contributed by atoms with Crippen molar-refractivity contribution < 1.29 is 14.3 Å². The molecular weight excluding hydrogens is 414 g/mol. The molecule has 4 aliphatic rings. The fraction of sp³-hybridized carbons (Fsp3) is 0.296. The molecule has 1 N–H and O–H groups in total. The molecule has 1 fully saturated rings. The summed E-state index contributed by atoms with van der Waals surface area (Å²) in [6.45, 7) is 5.81. The lowest BCUT2D eigenvalue weighted by atomic mass is 9.72. The Morgan fingerprint density at radius 1 is 1.09 bits per heavy atom. The lowest BCUT2D eigenvalue weighted by Gasteiger charge is -2.34. The lowest BCUT2D eigenvalue weighted by molar-refractivity contribution is 0.0908. The van der Waals surface area contributed by atoms with Gasteiger partial charge in [-0.15, -0.1) is 0 Å². The highest BCUT2D eigenvalue weighted by molar-refractivity contribution is 6.33. The van der Waals surface area contributed by atoms with Gasteiger partial charge in [0.2, 0.25) is 0 Å². The van der Waals surface area contributed by atoms with Crippen molar-refractivity contribution in [1.82, 2.24) is 10.2 Å². The Hall–Kier alpha value is -3.51. The van der Waals surface area contributed by atoms with Crippen LogP contribution in [0.25, 0.3) is 0 Å². The first-order chi connectivity index (χ1) is 16.1. The number of ether oxygens (including phenoxy) is 1. The number of benzene rings is 2. The van der Waals surface area contributed by atoms with E-state index in [1.807, 2.05) is 31.2 Å². The van der Waals surface area contributed by atoms with Crippen molar-refractivity contribution in [1.29, 1.82) is 0 Å². The number of hydrogen-bond acceptors (Lipinski definition) is 6. The van der Waals surface area contributed by atoms with Crippen LogP contribution in [0.4, 0.5) is 5.69 Å². The van der Waals surface area contributed by atoms with Crippen molar-refractivity contribution in [3.63, 3.8) is 0 Å². The minimum absolute atomic E-state index is 0.109. The van der Waals surface area contributed by atoms with E-state index in [1.165, 1.54) is 12.8 Å². The fourth-order valence-corrected chi connectivity index (χ4v) is 5.17. The number of Topliss-reactive ketones (excluding diaryl/α,β-unsaturated/α-hetero) is 2. The third-order valence-corrected chi connectivity index (χ3v) is 6.84. The molecule has 6 rings (SSSR count). The zero-order valence-electron chi connectivity index (χ0n) is 18.6. The normalized spacial score (nSPS) is 21.4. The van der Waals surface area contributed by atoms with Gasteiger partial charge >= 0.3 is 0 Å². The number of aryl methyl sites for hydroxylation is 1. The molecular formula is C27H25N3O3. The number of nitrogens with zero attached hydrogens (tertiary/aromatic N) is 2. The SMILES string of the molecule is Cc1ccc2c(c1)OC1=CC(NCCN3CCCC3)=C3C(=O)c4ccccc4C(=O)C3C1=N2. The number of carbonyl (C=O) groups is 2. The number of hydrogen-bond donors (Lipinski definition) is 1. The molecule has 2 aliphatic heterocycles. The molecule has 0 saturated carbocycles. The van der Waals surface area contributed by atoms with E-state index in [0.717, 1.165) is 25.2 Å². The van der Waals surface area contributed by atoms with Gasteiger partial charge in [-0.3, -0.25) is 9.59 Å². The van der Waals surface area contributed by atoms with Crippen molar-refractivity contribution in [3.8, 4) is 5.75 Å². The average molecular weight is 440 g/mol. The molecule has 0 amide bonds. The fourth-order valence-electron chi connectivity index (χ4n) is 5.17. The first-order valence-electron chi connectivity index (χ1n) is 11.6. The smallest absolute Gasteiger partial charge is 0.192 e. The Morgan fingerprint density at radius 2 is 1.88 bits per heavy atom. The summed E-state index contributed by atoms with van der Waals surface area (Å²) in [4.78, 5) is 34.5. The predicted molar refractivity (Wildman–Crippen MR) is 126 cm³/mol. The van der Waals surface area contributed by atoms with Gasteiger partial charge in [0.1, 0.15) is 5.69 Å². The summed E-state index contributed by atoms with van der Waals surface area (Å²) < 4.78 is 6.23. The number of ketones is 2. The zero-order valence-corrected chi connectivity index (χ0v) is 18.6. The highest BCUT2D eigenvalue weighted by Gasteiger charge is 2.46. The first kappa shape index (κ1) is 20.1. The molecule has 2 aromatic carbocycles. The molecule has 2 aromatic rings. The molecule has 1 atom stereocenters. The summed E-state index contributed by atoms with van der Waals surface area (Å²) in [7, 11) is 0. The van der Waals surface area contributed by atoms with Crippen LogP contribution < -0.4 is 10.1 Å². The van der Waals surface area contributed by atoms with E-state index in [0.29, 0.717) is 51.8 Å². The molecule has 166 valence electrons. The van der Waals surface area contributed by atoms with E-state index >= 15 is 0 Å². The van der Waals surface area contributed by atoms with E-state index < -0.39 is 5.92 Å². The zero-order chi connectivity index (χ0) is 22.5. The van der Waals surface area contributed by atoms with Crippen molar-refractivity contribution >= 4 is 23.0 Å². The van der Waals surface area contributed by atoms with Gasteiger partial charge in [0.05, 0.1) is 11.6 Å². The molecule has 6 nitrogen and oxygen atoms in total. The van der Waals surface area contributed by atoms with Gasteiger partial charge in [0, 0.05) is 41.6 Å². The summed E-state index contributed by atoms with van der Waals surface area (Å²) >= 11 is 0. The maximum absolute atomic E-state index is 13.7. The van der Waals surface area contributed by atoms with Crippen LogP contribution >= 0.6 is 0 Å². The number of aliphatic imine (C=N–C) groups is 1. The van der Waals surface area contributed by atoms with Gasteiger partial charge in [0.15, 0.2) is 23.1 Å². The molecule has 2 heterocycles. The van der Waals surface area contributed by atoms with Gasteiger partial charge in [0.25, 0.3) is 0 Å². The molecule has 33 heavy (non-hydrogen) atoms. The van der Waals surface area contributed by atoms with Crippen molar-refractivity contribution in [2.75, 3.05) is 26.2 Å². The van der Waals surface area contributed by atoms with Crippen LogP contribution in [0.15, 0.2) is 70.6 Å². The minimum atomic E-state index is -0.767. The Labute approximate surface area is 192 Å². The summed E-state index contributed by atoms with van der Waals surface area (Å²) in [5.41, 5.74) is 4.31. The second-order valence-electron chi connectivity index (χ2n) is 9.05. The minimum Gasteiger partial charge on any atom is -0.453 e. The van der Waals surface area contributed by atoms with E-state index in [-0.39, 0.29) is 11.6 Å². The molecule has 6 heteroatoms. The number of allylic oxidation sites excluding steroid dienone is 3. The largest absolute Gasteiger partial charge is 0.453 e. The van der Waals surface area contributed by atoms with Crippen LogP contribution in [0.5, 0.6) is 5.75 Å². The average Bonchev–Trinajstić information content (AvgIpc) is 3.34. The number of carbonyl (C=O) groups excluding carboxylic acids is 2.